The van der Waals surface area contributed by atoms with Crippen molar-refractivity contribution in [2.75, 3.05) is 0 Å². The summed E-state index contributed by atoms with van der Waals surface area (Å²) in [5, 5.41) is 6.67. The Balaban J connectivity index is 1.38. The topological polar surface area (TPSA) is 67.2 Å². The molecule has 4 heterocycles. The molecule has 0 aliphatic carbocycles. The Hall–Kier alpha value is -2.44. The molecule has 5 nitrogen and oxygen atoms in total. The van der Waals surface area contributed by atoms with E-state index in [1.807, 2.05) is 36.4 Å². The lowest BCUT2D eigenvalue weighted by molar-refractivity contribution is 0.0903. The summed E-state index contributed by atoms with van der Waals surface area (Å²) >= 11 is 1.45. The van der Waals surface area contributed by atoms with Crippen LogP contribution in [0.3, 0.4) is 0 Å². The van der Waals surface area contributed by atoms with Gasteiger partial charge in [0.2, 0.25) is 0 Å². The van der Waals surface area contributed by atoms with Gasteiger partial charge in [0.15, 0.2) is 5.76 Å². The van der Waals surface area contributed by atoms with E-state index in [0.29, 0.717) is 23.6 Å². The van der Waals surface area contributed by atoms with E-state index >= 15 is 0 Å². The van der Waals surface area contributed by atoms with E-state index in [0.717, 1.165) is 28.8 Å². The third-order valence-corrected chi connectivity index (χ3v) is 6.12. The highest BCUT2D eigenvalue weighted by atomic mass is 32.1. The summed E-state index contributed by atoms with van der Waals surface area (Å²) in [4.78, 5) is 13.7. The predicted octanol–water partition coefficient (Wildman–Crippen LogP) is 3.69. The number of furan rings is 1. The number of hydrogen-bond donors (Lipinski definition) is 2. The van der Waals surface area contributed by atoms with E-state index in [1.54, 1.807) is 12.3 Å². The minimum absolute atomic E-state index is 0.133. The van der Waals surface area contributed by atoms with Crippen LogP contribution in [0.5, 0.6) is 0 Å². The SMILES string of the molecule is O=C(N[C@@H]1C[C@H]2CC[C@@H]1N2)c1ccc(-c2ccccc2-c2ccns2)o1. The van der Waals surface area contributed by atoms with Gasteiger partial charge in [0.05, 0.1) is 4.88 Å². The lowest BCUT2D eigenvalue weighted by atomic mass is 9.95. The van der Waals surface area contributed by atoms with Gasteiger partial charge in [-0.25, -0.2) is 4.37 Å². The van der Waals surface area contributed by atoms with Crippen LogP contribution in [0.15, 0.2) is 53.1 Å². The highest BCUT2D eigenvalue weighted by molar-refractivity contribution is 7.09. The minimum Gasteiger partial charge on any atom is -0.451 e. The number of carbonyl (C=O) groups excluding carboxylic acids is 1. The molecular weight excluding hydrogens is 346 g/mol. The maximum absolute atomic E-state index is 12.6. The second-order valence-electron chi connectivity index (χ2n) is 6.95. The summed E-state index contributed by atoms with van der Waals surface area (Å²) in [5.41, 5.74) is 2.03. The van der Waals surface area contributed by atoms with Crippen LogP contribution in [-0.2, 0) is 0 Å². The van der Waals surface area contributed by atoms with Crippen molar-refractivity contribution in [3.63, 3.8) is 0 Å². The number of carbonyl (C=O) groups is 1. The summed E-state index contributed by atoms with van der Waals surface area (Å²) in [6, 6.07) is 14.8. The van der Waals surface area contributed by atoms with Crippen LogP contribution in [0.1, 0.15) is 29.8 Å². The Morgan fingerprint density at radius 3 is 2.77 bits per heavy atom. The largest absolute Gasteiger partial charge is 0.451 e. The predicted molar refractivity (Wildman–Crippen MR) is 101 cm³/mol. The third kappa shape index (κ3) is 2.75. The summed E-state index contributed by atoms with van der Waals surface area (Å²) < 4.78 is 10.1. The molecule has 5 rings (SSSR count). The van der Waals surface area contributed by atoms with Gasteiger partial charge >= 0.3 is 0 Å². The van der Waals surface area contributed by atoms with Gasteiger partial charge in [0, 0.05) is 35.4 Å². The van der Waals surface area contributed by atoms with Crippen molar-refractivity contribution >= 4 is 17.4 Å². The fourth-order valence-electron chi connectivity index (χ4n) is 4.10. The van der Waals surface area contributed by atoms with Gasteiger partial charge in [-0.2, -0.15) is 0 Å². The van der Waals surface area contributed by atoms with Crippen molar-refractivity contribution in [2.24, 2.45) is 0 Å². The molecule has 0 saturated carbocycles. The van der Waals surface area contributed by atoms with Crippen molar-refractivity contribution in [1.29, 1.82) is 0 Å². The lowest BCUT2D eigenvalue weighted by Crippen LogP contribution is -2.42. The molecule has 0 spiro atoms. The van der Waals surface area contributed by atoms with Gasteiger partial charge in [-0.15, -0.1) is 0 Å². The Morgan fingerprint density at radius 1 is 1.15 bits per heavy atom. The Morgan fingerprint density at radius 2 is 2.04 bits per heavy atom. The third-order valence-electron chi connectivity index (χ3n) is 5.34. The first kappa shape index (κ1) is 15.8. The molecule has 2 aromatic heterocycles. The number of benzene rings is 1. The molecule has 2 fully saturated rings. The quantitative estimate of drug-likeness (QED) is 0.740. The number of nitrogens with one attached hydrogen (secondary N) is 2. The summed E-state index contributed by atoms with van der Waals surface area (Å²) in [5.74, 6) is 0.929. The Kier molecular flexibility index (Phi) is 3.87. The van der Waals surface area contributed by atoms with Gasteiger partial charge in [0.25, 0.3) is 5.91 Å². The number of nitrogens with zero attached hydrogens (tertiary/aromatic N) is 1. The van der Waals surface area contributed by atoms with Crippen LogP contribution in [0.2, 0.25) is 0 Å². The minimum atomic E-state index is -0.133. The maximum Gasteiger partial charge on any atom is 0.287 e. The van der Waals surface area contributed by atoms with E-state index in [2.05, 4.69) is 15.0 Å². The van der Waals surface area contributed by atoms with Crippen molar-refractivity contribution in [2.45, 2.75) is 37.4 Å². The van der Waals surface area contributed by atoms with Crippen molar-refractivity contribution in [1.82, 2.24) is 15.0 Å². The van der Waals surface area contributed by atoms with Gasteiger partial charge in [-0.1, -0.05) is 24.3 Å². The highest BCUT2D eigenvalue weighted by Crippen LogP contribution is 2.35. The van der Waals surface area contributed by atoms with Gasteiger partial charge in [-0.05, 0) is 49.0 Å². The number of hydrogen-bond acceptors (Lipinski definition) is 5. The van der Waals surface area contributed by atoms with Gasteiger partial charge < -0.3 is 15.1 Å². The summed E-state index contributed by atoms with van der Waals surface area (Å²) in [6.07, 6.45) is 5.16. The zero-order valence-electron chi connectivity index (χ0n) is 14.1. The average Bonchev–Trinajstić information content (AvgIpc) is 3.46. The van der Waals surface area contributed by atoms with Crippen LogP contribution in [0.25, 0.3) is 21.8 Å². The molecule has 0 unspecified atom stereocenters. The van der Waals surface area contributed by atoms with Gasteiger partial charge in [-0.3, -0.25) is 4.79 Å². The van der Waals surface area contributed by atoms with Crippen LogP contribution in [0.4, 0.5) is 0 Å². The zero-order chi connectivity index (χ0) is 17.5. The number of aromatic nitrogens is 1. The molecule has 2 saturated heterocycles. The first-order chi connectivity index (χ1) is 12.8. The number of rotatable bonds is 4. The molecular formula is C20H19N3O2S. The fraction of sp³-hybridized carbons (Fsp3) is 0.300. The normalized spacial score (nSPS) is 24.1. The Bertz CT molecular complexity index is 934. The average molecular weight is 365 g/mol. The molecule has 2 aliphatic rings. The smallest absolute Gasteiger partial charge is 0.287 e. The zero-order valence-corrected chi connectivity index (χ0v) is 15.0. The molecule has 2 N–H and O–H groups in total. The standard InChI is InChI=1S/C20H19N3O2S/c24-20(23-16-11-12-5-6-15(16)22-12)18-8-7-17(25-18)13-3-1-2-4-14(13)19-9-10-21-26-19/h1-4,7-10,12,15-16,22H,5-6,11H2,(H,23,24)/t12-,15+,16-/m1/s1. The number of amides is 1. The first-order valence-corrected chi connectivity index (χ1v) is 9.72. The van der Waals surface area contributed by atoms with Crippen molar-refractivity contribution in [3.8, 4) is 21.8 Å². The highest BCUT2D eigenvalue weighted by Gasteiger charge is 2.40. The molecule has 3 atom stereocenters. The van der Waals surface area contributed by atoms with Crippen LogP contribution < -0.4 is 10.6 Å². The molecule has 2 aliphatic heterocycles. The van der Waals surface area contributed by atoms with E-state index in [-0.39, 0.29) is 11.9 Å². The second kappa shape index (κ2) is 6.37. The maximum atomic E-state index is 12.6. The lowest BCUT2D eigenvalue weighted by Gasteiger charge is -2.20. The van der Waals surface area contributed by atoms with Gasteiger partial charge in [0.1, 0.15) is 5.76 Å². The molecule has 132 valence electrons. The van der Waals surface area contributed by atoms with Crippen LogP contribution in [0, 0.1) is 0 Å². The van der Waals surface area contributed by atoms with Crippen molar-refractivity contribution < 1.29 is 9.21 Å². The molecule has 3 aromatic rings. The van der Waals surface area contributed by atoms with Crippen molar-refractivity contribution in [3.05, 3.63) is 54.4 Å². The van der Waals surface area contributed by atoms with E-state index in [4.69, 9.17) is 4.42 Å². The monoisotopic (exact) mass is 365 g/mol. The van der Waals surface area contributed by atoms with E-state index < -0.39 is 0 Å². The Labute approximate surface area is 155 Å². The fourth-order valence-corrected chi connectivity index (χ4v) is 4.73. The molecule has 2 bridgehead atoms. The molecule has 26 heavy (non-hydrogen) atoms. The first-order valence-electron chi connectivity index (χ1n) is 8.95. The van der Waals surface area contributed by atoms with E-state index in [9.17, 15) is 4.79 Å². The summed E-state index contributed by atoms with van der Waals surface area (Å²) in [6.45, 7) is 0. The van der Waals surface area contributed by atoms with Crippen LogP contribution in [-0.4, -0.2) is 28.4 Å². The second-order valence-corrected chi connectivity index (χ2v) is 7.78. The summed E-state index contributed by atoms with van der Waals surface area (Å²) in [7, 11) is 0. The molecule has 0 radical (unpaired) electrons. The number of fused-ring (bicyclic) bond motifs is 2. The van der Waals surface area contributed by atoms with Crippen LogP contribution >= 0.6 is 11.5 Å². The van der Waals surface area contributed by atoms with E-state index in [1.165, 1.54) is 18.0 Å². The molecule has 6 heteroatoms. The molecule has 1 amide bonds. The molecule has 1 aromatic carbocycles.